The van der Waals surface area contributed by atoms with Gasteiger partial charge in [0.15, 0.2) is 0 Å². The third-order valence-corrected chi connectivity index (χ3v) is 1.59. The van der Waals surface area contributed by atoms with Crippen molar-refractivity contribution in [3.63, 3.8) is 0 Å². The number of aliphatic hydroxyl groups excluding tert-OH is 1. The highest BCUT2D eigenvalue weighted by atomic mass is 16.6. The molecule has 2 N–H and O–H groups in total. The molecule has 0 aliphatic heterocycles. The zero-order chi connectivity index (χ0) is 11.3. The van der Waals surface area contributed by atoms with E-state index in [2.05, 4.69) is 10.3 Å². The van der Waals surface area contributed by atoms with Gasteiger partial charge in [-0.25, -0.2) is 4.98 Å². The van der Waals surface area contributed by atoms with Gasteiger partial charge in [0.2, 0.25) is 5.69 Å². The number of hydrogen-bond donors (Lipinski definition) is 2. The van der Waals surface area contributed by atoms with E-state index in [1.807, 2.05) is 0 Å². The van der Waals surface area contributed by atoms with Gasteiger partial charge in [0, 0.05) is 12.6 Å². The first kappa shape index (κ1) is 10.9. The molecule has 0 aromatic carbocycles. The molecular formula is C8H8N4O3. The normalized spacial score (nSPS) is 9.33. The van der Waals surface area contributed by atoms with E-state index < -0.39 is 4.92 Å². The van der Waals surface area contributed by atoms with Crippen LogP contribution >= 0.6 is 0 Å². The van der Waals surface area contributed by atoms with Crippen molar-refractivity contribution in [2.75, 3.05) is 18.5 Å². The van der Waals surface area contributed by atoms with Crippen molar-refractivity contribution in [1.29, 1.82) is 5.26 Å². The molecule has 0 aliphatic rings. The summed E-state index contributed by atoms with van der Waals surface area (Å²) in [6, 6.07) is 4.22. The van der Waals surface area contributed by atoms with E-state index >= 15 is 0 Å². The van der Waals surface area contributed by atoms with Gasteiger partial charge in [-0.15, -0.1) is 0 Å². The van der Waals surface area contributed by atoms with Gasteiger partial charge in [0.05, 0.1) is 11.5 Å². The highest BCUT2D eigenvalue weighted by Gasteiger charge is 2.14. The first-order valence-electron chi connectivity index (χ1n) is 4.09. The van der Waals surface area contributed by atoms with E-state index in [0.717, 1.165) is 0 Å². The fourth-order valence-corrected chi connectivity index (χ4v) is 0.964. The van der Waals surface area contributed by atoms with Crippen LogP contribution in [0.5, 0.6) is 0 Å². The predicted octanol–water partition coefficient (Wildman–Crippen LogP) is 0.266. The Hall–Kier alpha value is -2.20. The van der Waals surface area contributed by atoms with E-state index in [1.165, 1.54) is 12.1 Å². The van der Waals surface area contributed by atoms with Crippen molar-refractivity contribution >= 4 is 11.5 Å². The molecule has 7 nitrogen and oxygen atoms in total. The molecule has 0 radical (unpaired) electrons. The number of nitrogens with one attached hydrogen (secondary N) is 1. The molecule has 0 aliphatic carbocycles. The molecular weight excluding hydrogens is 200 g/mol. The van der Waals surface area contributed by atoms with Gasteiger partial charge in [-0.05, 0) is 6.07 Å². The summed E-state index contributed by atoms with van der Waals surface area (Å²) in [7, 11) is 0. The lowest BCUT2D eigenvalue weighted by molar-refractivity contribution is -0.385. The maximum Gasteiger partial charge on any atom is 0.305 e. The Labute approximate surface area is 85.1 Å². The van der Waals surface area contributed by atoms with Crippen LogP contribution in [0.1, 0.15) is 5.69 Å². The number of aromatic nitrogens is 1. The smallest absolute Gasteiger partial charge is 0.305 e. The Morgan fingerprint density at radius 3 is 2.93 bits per heavy atom. The minimum absolute atomic E-state index is 0.0828. The maximum absolute atomic E-state index is 10.5. The summed E-state index contributed by atoms with van der Waals surface area (Å²) in [5.41, 5.74) is -0.574. The number of nitriles is 1. The zero-order valence-corrected chi connectivity index (χ0v) is 7.67. The number of anilines is 1. The quantitative estimate of drug-likeness (QED) is 0.542. The summed E-state index contributed by atoms with van der Waals surface area (Å²) in [6.07, 6.45) is 0. The van der Waals surface area contributed by atoms with Gasteiger partial charge in [0.25, 0.3) is 0 Å². The molecule has 0 saturated carbocycles. The Bertz CT molecular complexity index is 413. The van der Waals surface area contributed by atoms with Gasteiger partial charge < -0.3 is 10.4 Å². The molecule has 0 unspecified atom stereocenters. The van der Waals surface area contributed by atoms with Crippen molar-refractivity contribution < 1.29 is 10.0 Å². The number of hydrogen-bond acceptors (Lipinski definition) is 6. The Morgan fingerprint density at radius 1 is 1.67 bits per heavy atom. The van der Waals surface area contributed by atoms with Crippen LogP contribution in [0.4, 0.5) is 11.5 Å². The van der Waals surface area contributed by atoms with Crippen molar-refractivity contribution in [1.82, 2.24) is 4.98 Å². The van der Waals surface area contributed by atoms with Crippen molar-refractivity contribution in [2.45, 2.75) is 0 Å². The van der Waals surface area contributed by atoms with E-state index in [9.17, 15) is 10.1 Å². The fourth-order valence-electron chi connectivity index (χ4n) is 0.964. The Balaban J connectivity index is 2.98. The van der Waals surface area contributed by atoms with E-state index in [-0.39, 0.29) is 24.5 Å². The van der Waals surface area contributed by atoms with Crippen LogP contribution in [-0.2, 0) is 0 Å². The summed E-state index contributed by atoms with van der Waals surface area (Å²) in [5, 5.41) is 30.3. The van der Waals surface area contributed by atoms with Gasteiger partial charge in [-0.3, -0.25) is 10.1 Å². The maximum atomic E-state index is 10.5. The lowest BCUT2D eigenvalue weighted by Gasteiger charge is -2.02. The molecule has 78 valence electrons. The molecule has 0 atom stereocenters. The summed E-state index contributed by atoms with van der Waals surface area (Å²) < 4.78 is 0. The van der Waals surface area contributed by atoms with Crippen LogP contribution in [0, 0.1) is 21.4 Å². The topological polar surface area (TPSA) is 112 Å². The van der Waals surface area contributed by atoms with Crippen LogP contribution in [0.25, 0.3) is 0 Å². The SMILES string of the molecule is N#Cc1nc(NCCO)ccc1[N+](=O)[O-]. The first-order valence-corrected chi connectivity index (χ1v) is 4.09. The molecule has 1 rings (SSSR count). The molecule has 1 heterocycles. The van der Waals surface area contributed by atoms with Gasteiger partial charge in [0.1, 0.15) is 11.9 Å². The van der Waals surface area contributed by atoms with Crippen molar-refractivity contribution in [3.8, 4) is 6.07 Å². The van der Waals surface area contributed by atoms with Gasteiger partial charge in [-0.2, -0.15) is 5.26 Å². The fraction of sp³-hybridized carbons (Fsp3) is 0.250. The lowest BCUT2D eigenvalue weighted by atomic mass is 10.3. The monoisotopic (exact) mass is 208 g/mol. The number of rotatable bonds is 4. The van der Waals surface area contributed by atoms with E-state index in [4.69, 9.17) is 10.4 Å². The molecule has 15 heavy (non-hydrogen) atoms. The van der Waals surface area contributed by atoms with E-state index in [0.29, 0.717) is 5.82 Å². The van der Waals surface area contributed by atoms with Crippen molar-refractivity contribution in [2.24, 2.45) is 0 Å². The van der Waals surface area contributed by atoms with Gasteiger partial charge >= 0.3 is 5.69 Å². The highest BCUT2D eigenvalue weighted by molar-refractivity contribution is 5.50. The van der Waals surface area contributed by atoms with Gasteiger partial charge in [-0.1, -0.05) is 0 Å². The van der Waals surface area contributed by atoms with Crippen molar-refractivity contribution in [3.05, 3.63) is 27.9 Å². The molecule has 0 amide bonds. The standard InChI is InChI=1S/C8H8N4O3/c9-5-6-7(12(14)15)1-2-8(11-6)10-3-4-13/h1-2,13H,3-4H2,(H,10,11). The highest BCUT2D eigenvalue weighted by Crippen LogP contribution is 2.17. The Morgan fingerprint density at radius 2 is 2.40 bits per heavy atom. The zero-order valence-electron chi connectivity index (χ0n) is 7.67. The number of aliphatic hydroxyl groups is 1. The van der Waals surface area contributed by atoms with Crippen LogP contribution in [-0.4, -0.2) is 28.2 Å². The number of pyridine rings is 1. The second kappa shape index (κ2) is 4.88. The molecule has 1 aromatic heterocycles. The minimum atomic E-state index is -0.665. The second-order valence-corrected chi connectivity index (χ2v) is 2.58. The lowest BCUT2D eigenvalue weighted by Crippen LogP contribution is -2.08. The molecule has 7 heteroatoms. The number of nitrogens with zero attached hydrogens (tertiary/aromatic N) is 3. The van der Waals surface area contributed by atoms with Crippen LogP contribution < -0.4 is 5.32 Å². The van der Waals surface area contributed by atoms with E-state index in [1.54, 1.807) is 6.07 Å². The molecule has 0 bridgehead atoms. The van der Waals surface area contributed by atoms with Crippen LogP contribution in [0.2, 0.25) is 0 Å². The largest absolute Gasteiger partial charge is 0.395 e. The summed E-state index contributed by atoms with van der Waals surface area (Å²) in [5.74, 6) is 0.325. The summed E-state index contributed by atoms with van der Waals surface area (Å²) >= 11 is 0. The molecule has 0 fully saturated rings. The third kappa shape index (κ3) is 2.62. The third-order valence-electron chi connectivity index (χ3n) is 1.59. The minimum Gasteiger partial charge on any atom is -0.395 e. The van der Waals surface area contributed by atoms with Crippen LogP contribution in [0.15, 0.2) is 12.1 Å². The first-order chi connectivity index (χ1) is 7.19. The average molecular weight is 208 g/mol. The molecule has 1 aromatic rings. The summed E-state index contributed by atoms with van der Waals surface area (Å²) in [4.78, 5) is 13.5. The predicted molar refractivity (Wildman–Crippen MR) is 51.2 cm³/mol. The Kier molecular flexibility index (Phi) is 3.54. The summed E-state index contributed by atoms with van der Waals surface area (Å²) in [6.45, 7) is 0.191. The average Bonchev–Trinajstić information content (AvgIpc) is 2.25. The number of nitro groups is 1. The second-order valence-electron chi connectivity index (χ2n) is 2.58. The molecule has 0 saturated heterocycles. The molecule has 0 spiro atoms. The van der Waals surface area contributed by atoms with Crippen LogP contribution in [0.3, 0.4) is 0 Å².